The number of hydrogen-bond acceptors (Lipinski definition) is 5. The molecule has 1 aromatic heterocycles. The van der Waals surface area contributed by atoms with Crippen LogP contribution in [0.5, 0.6) is 0 Å². The molecule has 0 bridgehead atoms. The van der Waals surface area contributed by atoms with Crippen molar-refractivity contribution in [1.29, 1.82) is 0 Å². The fraction of sp³-hybridized carbons (Fsp3) is 0.714. The first-order valence-corrected chi connectivity index (χ1v) is 8.23. The second-order valence-electron chi connectivity index (χ2n) is 6.02. The van der Waals surface area contributed by atoms with Crippen LogP contribution < -0.4 is 16.0 Å². The van der Waals surface area contributed by atoms with Crippen LogP contribution in [0.4, 0.5) is 10.8 Å². The van der Waals surface area contributed by atoms with Crippen LogP contribution in [0, 0.1) is 5.92 Å². The van der Waals surface area contributed by atoms with Crippen LogP contribution >= 0.6 is 11.5 Å². The number of nitrogens with one attached hydrogen (secondary N) is 1. The Labute approximate surface area is 123 Å². The fourth-order valence-corrected chi connectivity index (χ4v) is 3.54. The zero-order valence-corrected chi connectivity index (χ0v) is 12.7. The van der Waals surface area contributed by atoms with Crippen molar-refractivity contribution in [3.63, 3.8) is 0 Å². The Hall–Kier alpha value is -1.30. The first kappa shape index (κ1) is 13.7. The summed E-state index contributed by atoms with van der Waals surface area (Å²) in [4.78, 5) is 14.6. The molecule has 1 aromatic rings. The number of anilines is 2. The Morgan fingerprint density at radius 1 is 1.35 bits per heavy atom. The van der Waals surface area contributed by atoms with Crippen molar-refractivity contribution in [2.24, 2.45) is 5.92 Å². The quantitative estimate of drug-likeness (QED) is 0.897. The number of nitrogen functional groups attached to an aromatic ring is 1. The predicted molar refractivity (Wildman–Crippen MR) is 82.2 cm³/mol. The van der Waals surface area contributed by atoms with Gasteiger partial charge in [-0.1, -0.05) is 6.92 Å². The molecule has 2 fully saturated rings. The third kappa shape index (κ3) is 2.90. The summed E-state index contributed by atoms with van der Waals surface area (Å²) >= 11 is 1.36. The van der Waals surface area contributed by atoms with E-state index in [0.29, 0.717) is 17.4 Å². The van der Waals surface area contributed by atoms with Gasteiger partial charge in [0.05, 0.1) is 0 Å². The first-order valence-electron chi connectivity index (χ1n) is 7.46. The lowest BCUT2D eigenvalue weighted by atomic mass is 10.0. The molecule has 1 saturated heterocycles. The summed E-state index contributed by atoms with van der Waals surface area (Å²) < 4.78 is 4.21. The Bertz CT molecular complexity index is 497. The van der Waals surface area contributed by atoms with Gasteiger partial charge in [-0.2, -0.15) is 4.37 Å². The highest BCUT2D eigenvalue weighted by Crippen LogP contribution is 2.33. The Morgan fingerprint density at radius 2 is 2.15 bits per heavy atom. The molecule has 3 rings (SSSR count). The Kier molecular flexibility index (Phi) is 3.83. The number of aromatic nitrogens is 1. The average Bonchev–Trinajstić information content (AvgIpc) is 3.17. The number of nitrogens with zero attached hydrogens (tertiary/aromatic N) is 2. The summed E-state index contributed by atoms with van der Waals surface area (Å²) in [5.41, 5.74) is 6.52. The molecule has 1 atom stereocenters. The maximum absolute atomic E-state index is 12.3. The van der Waals surface area contributed by atoms with Crippen LogP contribution in [-0.2, 0) is 0 Å². The number of carbonyl (C=O) groups excluding carboxylic acids is 1. The zero-order chi connectivity index (χ0) is 14.1. The normalized spacial score (nSPS) is 23.4. The van der Waals surface area contributed by atoms with E-state index in [0.717, 1.165) is 36.9 Å². The molecule has 0 radical (unpaired) electrons. The van der Waals surface area contributed by atoms with E-state index >= 15 is 0 Å². The maximum atomic E-state index is 12.3. The monoisotopic (exact) mass is 294 g/mol. The van der Waals surface area contributed by atoms with Crippen LogP contribution in [-0.4, -0.2) is 29.4 Å². The van der Waals surface area contributed by atoms with Crippen LogP contribution in [0.1, 0.15) is 49.4 Å². The minimum absolute atomic E-state index is 0.0500. The average molecular weight is 294 g/mol. The number of rotatable bonds is 3. The van der Waals surface area contributed by atoms with Crippen molar-refractivity contribution < 1.29 is 4.79 Å². The minimum atomic E-state index is -0.0500. The van der Waals surface area contributed by atoms with Crippen molar-refractivity contribution in [3.8, 4) is 0 Å². The van der Waals surface area contributed by atoms with Gasteiger partial charge in [0.2, 0.25) is 0 Å². The summed E-state index contributed by atoms with van der Waals surface area (Å²) in [5, 5.41) is 3.98. The summed E-state index contributed by atoms with van der Waals surface area (Å²) in [5.74, 6) is 1.08. The summed E-state index contributed by atoms with van der Waals surface area (Å²) in [7, 11) is 0. The topological polar surface area (TPSA) is 71.2 Å². The molecule has 1 amide bonds. The molecule has 3 N–H and O–H groups in total. The van der Waals surface area contributed by atoms with Crippen LogP contribution in [0.25, 0.3) is 0 Å². The molecule has 1 unspecified atom stereocenters. The highest BCUT2D eigenvalue weighted by atomic mass is 32.1. The van der Waals surface area contributed by atoms with Gasteiger partial charge < -0.3 is 16.0 Å². The van der Waals surface area contributed by atoms with Crippen LogP contribution in [0.2, 0.25) is 0 Å². The third-order valence-corrected chi connectivity index (χ3v) is 5.07. The summed E-state index contributed by atoms with van der Waals surface area (Å²) in [6, 6.07) is 0.346. The second-order valence-corrected chi connectivity index (χ2v) is 6.77. The lowest BCUT2D eigenvalue weighted by molar-refractivity contribution is 0.0952. The van der Waals surface area contributed by atoms with Crippen LogP contribution in [0.3, 0.4) is 0 Å². The Morgan fingerprint density at radius 3 is 2.90 bits per heavy atom. The molecule has 6 heteroatoms. The molecule has 0 aromatic carbocycles. The lowest BCUT2D eigenvalue weighted by Gasteiger charge is -2.21. The molecule has 20 heavy (non-hydrogen) atoms. The van der Waals surface area contributed by atoms with Gasteiger partial charge >= 0.3 is 0 Å². The van der Waals surface area contributed by atoms with Crippen molar-refractivity contribution in [2.45, 2.75) is 45.1 Å². The third-order valence-electron chi connectivity index (χ3n) is 4.14. The highest BCUT2D eigenvalue weighted by molar-refractivity contribution is 7.11. The predicted octanol–water partition coefficient (Wildman–Crippen LogP) is 2.24. The number of carbonyl (C=O) groups is 1. The van der Waals surface area contributed by atoms with Crippen molar-refractivity contribution >= 4 is 28.3 Å². The van der Waals surface area contributed by atoms with Gasteiger partial charge in [0.1, 0.15) is 10.6 Å². The largest absolute Gasteiger partial charge is 0.382 e. The highest BCUT2D eigenvalue weighted by Gasteiger charge is 2.29. The molecule has 1 aliphatic carbocycles. The van der Waals surface area contributed by atoms with Gasteiger partial charge in [-0.3, -0.25) is 4.79 Å². The van der Waals surface area contributed by atoms with Gasteiger partial charge in [-0.15, -0.1) is 0 Å². The first-order chi connectivity index (χ1) is 9.65. The molecular formula is C14H22N4OS. The molecule has 1 aliphatic heterocycles. The van der Waals surface area contributed by atoms with E-state index in [9.17, 15) is 4.79 Å². The van der Waals surface area contributed by atoms with Gasteiger partial charge in [0, 0.05) is 19.1 Å². The number of amides is 1. The summed E-state index contributed by atoms with van der Waals surface area (Å²) in [6.45, 7) is 4.29. The van der Waals surface area contributed by atoms with E-state index in [1.165, 1.54) is 30.8 Å². The second kappa shape index (κ2) is 5.60. The molecule has 110 valence electrons. The summed E-state index contributed by atoms with van der Waals surface area (Å²) in [6.07, 6.45) is 5.76. The Balaban J connectivity index is 1.79. The van der Waals surface area contributed by atoms with Crippen LogP contribution in [0.15, 0.2) is 0 Å². The maximum Gasteiger partial charge on any atom is 0.258 e. The van der Waals surface area contributed by atoms with Crippen molar-refractivity contribution in [2.75, 3.05) is 23.7 Å². The standard InChI is InChI=1S/C14H22N4OS/c1-9-3-2-7-18(8-6-9)14-11(12(15)17-20-14)13(19)16-10-4-5-10/h9-10H,2-8H2,1H3,(H2,15,17)(H,16,19). The number of nitrogens with two attached hydrogens (primary N) is 1. The van der Waals surface area contributed by atoms with E-state index in [1.807, 2.05) is 0 Å². The van der Waals surface area contributed by atoms with Gasteiger partial charge in [-0.05, 0) is 49.6 Å². The molecule has 0 spiro atoms. The molecular weight excluding hydrogens is 272 g/mol. The van der Waals surface area contributed by atoms with Crippen molar-refractivity contribution in [3.05, 3.63) is 5.56 Å². The van der Waals surface area contributed by atoms with Gasteiger partial charge in [-0.25, -0.2) is 0 Å². The van der Waals surface area contributed by atoms with E-state index in [4.69, 9.17) is 5.73 Å². The lowest BCUT2D eigenvalue weighted by Crippen LogP contribution is -2.30. The van der Waals surface area contributed by atoms with E-state index < -0.39 is 0 Å². The molecule has 2 heterocycles. The number of hydrogen-bond donors (Lipinski definition) is 2. The van der Waals surface area contributed by atoms with Gasteiger partial charge in [0.15, 0.2) is 5.82 Å². The minimum Gasteiger partial charge on any atom is -0.382 e. The molecule has 5 nitrogen and oxygen atoms in total. The van der Waals surface area contributed by atoms with E-state index in [-0.39, 0.29) is 5.91 Å². The molecule has 1 saturated carbocycles. The van der Waals surface area contributed by atoms with Gasteiger partial charge in [0.25, 0.3) is 5.91 Å². The zero-order valence-electron chi connectivity index (χ0n) is 11.9. The smallest absolute Gasteiger partial charge is 0.258 e. The molecule has 2 aliphatic rings. The fourth-order valence-electron chi connectivity index (χ4n) is 2.67. The van der Waals surface area contributed by atoms with E-state index in [1.54, 1.807) is 0 Å². The SMILES string of the molecule is CC1CCCN(c2snc(N)c2C(=O)NC2CC2)CC1. The van der Waals surface area contributed by atoms with Crippen molar-refractivity contribution in [1.82, 2.24) is 9.69 Å². The van der Waals surface area contributed by atoms with E-state index in [2.05, 4.69) is 21.5 Å².